The molecule has 3 aromatic heterocycles. The fourth-order valence-electron chi connectivity index (χ4n) is 8.92. The monoisotopic (exact) mass is 1020 g/mol. The van der Waals surface area contributed by atoms with Crippen LogP contribution in [0.25, 0.3) is 16.9 Å². The number of benzene rings is 2. The number of nitrogens with zero attached hydrogens (tertiary/aromatic N) is 8. The molecule has 23 nitrogen and oxygen atoms in total. The van der Waals surface area contributed by atoms with Gasteiger partial charge in [0, 0.05) is 81.9 Å². The van der Waals surface area contributed by atoms with Crippen molar-refractivity contribution in [1.82, 2.24) is 50.1 Å². The van der Waals surface area contributed by atoms with Gasteiger partial charge in [-0.3, -0.25) is 48.7 Å². The van der Waals surface area contributed by atoms with E-state index in [4.69, 9.17) is 14.5 Å². The Morgan fingerprint density at radius 3 is 2.39 bits per heavy atom. The molecular weight excluding hydrogens is 955 g/mol. The van der Waals surface area contributed by atoms with E-state index in [1.807, 2.05) is 24.3 Å². The second-order valence-corrected chi connectivity index (χ2v) is 18.4. The van der Waals surface area contributed by atoms with Gasteiger partial charge in [0.2, 0.25) is 29.6 Å². The Kier molecular flexibility index (Phi) is 16.9. The maximum absolute atomic E-state index is 13.4. The summed E-state index contributed by atoms with van der Waals surface area (Å²) in [5.41, 5.74) is 1.87. The molecule has 2 fully saturated rings. The second kappa shape index (κ2) is 23.8. The molecule has 0 radical (unpaired) electrons. The van der Waals surface area contributed by atoms with E-state index in [0.29, 0.717) is 53.8 Å². The van der Waals surface area contributed by atoms with Gasteiger partial charge in [0.25, 0.3) is 17.4 Å². The van der Waals surface area contributed by atoms with Crippen molar-refractivity contribution in [1.29, 1.82) is 0 Å². The van der Waals surface area contributed by atoms with Crippen molar-refractivity contribution in [3.05, 3.63) is 107 Å². The van der Waals surface area contributed by atoms with Crippen LogP contribution in [0.4, 0.5) is 23.0 Å². The molecule has 74 heavy (non-hydrogen) atoms. The summed E-state index contributed by atoms with van der Waals surface area (Å²) < 4.78 is 14.0. The molecule has 6 N–H and O–H groups in total. The highest BCUT2D eigenvalue weighted by Crippen LogP contribution is 2.32. The van der Waals surface area contributed by atoms with Crippen molar-refractivity contribution in [3.8, 4) is 5.82 Å². The Bertz CT molecular complexity index is 2960. The van der Waals surface area contributed by atoms with Crippen molar-refractivity contribution >= 4 is 69.5 Å². The zero-order valence-corrected chi connectivity index (χ0v) is 41.4. The third-order valence-electron chi connectivity index (χ3n) is 12.7. The molecule has 0 saturated carbocycles. The average molecular weight is 1020 g/mol. The number of nitrogens with one attached hydrogen (secondary N) is 5. The van der Waals surface area contributed by atoms with Gasteiger partial charge in [-0.25, -0.2) is 19.3 Å². The van der Waals surface area contributed by atoms with Crippen LogP contribution >= 0.6 is 0 Å². The van der Waals surface area contributed by atoms with Crippen molar-refractivity contribution in [3.63, 3.8) is 0 Å². The number of piperidine rings is 1. The number of hydrogen-bond donors (Lipinski definition) is 6. The molecule has 0 bridgehead atoms. The predicted molar refractivity (Wildman–Crippen MR) is 273 cm³/mol. The van der Waals surface area contributed by atoms with E-state index in [1.165, 1.54) is 16.9 Å². The summed E-state index contributed by atoms with van der Waals surface area (Å²) in [5, 5.41) is 25.0. The number of carbonyl (C=O) groups excluding carboxylic acids is 6. The van der Waals surface area contributed by atoms with Gasteiger partial charge in [-0.05, 0) is 81.8 Å². The molecule has 8 rings (SSSR count). The Morgan fingerprint density at radius 2 is 1.64 bits per heavy atom. The number of aromatic nitrogens is 5. The highest BCUT2D eigenvalue weighted by atomic mass is 16.5. The first-order chi connectivity index (χ1) is 35.7. The van der Waals surface area contributed by atoms with Crippen LogP contribution in [0.15, 0.2) is 84.3 Å². The number of rotatable bonds is 24. The van der Waals surface area contributed by atoms with Gasteiger partial charge in [-0.1, -0.05) is 18.2 Å². The lowest BCUT2D eigenvalue weighted by molar-refractivity contribution is -0.136. The number of carbonyl (C=O) groups is 6. The van der Waals surface area contributed by atoms with Crippen LogP contribution in [0.5, 0.6) is 0 Å². The van der Waals surface area contributed by atoms with Gasteiger partial charge in [-0.15, -0.1) is 6.58 Å². The third-order valence-corrected chi connectivity index (χ3v) is 12.7. The Hall–Kier alpha value is -7.86. The summed E-state index contributed by atoms with van der Waals surface area (Å²) in [7, 11) is 0. The molecule has 1 unspecified atom stereocenters. The number of pyridine rings is 1. The Morgan fingerprint density at radius 1 is 0.878 bits per heavy atom. The number of piperazine rings is 1. The van der Waals surface area contributed by atoms with Crippen molar-refractivity contribution < 1.29 is 43.3 Å². The van der Waals surface area contributed by atoms with Crippen LogP contribution in [-0.4, -0.2) is 159 Å². The first kappa shape index (κ1) is 52.5. The first-order valence-corrected chi connectivity index (χ1v) is 24.6. The molecule has 0 aliphatic carbocycles. The number of amides is 6. The maximum Gasteiger partial charge on any atom is 0.278 e. The van der Waals surface area contributed by atoms with Crippen LogP contribution in [0, 0.1) is 0 Å². The van der Waals surface area contributed by atoms with Crippen molar-refractivity contribution in [2.24, 2.45) is 0 Å². The topological polar surface area (TPSA) is 277 Å². The van der Waals surface area contributed by atoms with Gasteiger partial charge in [0.15, 0.2) is 11.5 Å². The van der Waals surface area contributed by atoms with E-state index < -0.39 is 35.3 Å². The lowest BCUT2D eigenvalue weighted by atomic mass is 10.0. The number of fused-ring (bicyclic) bond motifs is 2. The molecule has 6 amide bonds. The van der Waals surface area contributed by atoms with E-state index >= 15 is 0 Å². The lowest BCUT2D eigenvalue weighted by Gasteiger charge is -2.36. The highest BCUT2D eigenvalue weighted by molar-refractivity contribution is 6.25. The van der Waals surface area contributed by atoms with E-state index in [-0.39, 0.29) is 80.8 Å². The second-order valence-electron chi connectivity index (χ2n) is 18.4. The maximum atomic E-state index is 13.4. The number of allylic oxidation sites excluding steroid dienone is 1. The molecule has 2 saturated heterocycles. The third kappa shape index (κ3) is 12.5. The molecule has 390 valence electrons. The van der Waals surface area contributed by atoms with Gasteiger partial charge < -0.3 is 40.7 Å². The van der Waals surface area contributed by atoms with Crippen LogP contribution in [0.1, 0.15) is 65.9 Å². The molecule has 6 heterocycles. The first-order valence-electron chi connectivity index (χ1n) is 24.6. The zero-order chi connectivity index (χ0) is 52.4. The zero-order valence-electron chi connectivity index (χ0n) is 41.4. The van der Waals surface area contributed by atoms with Crippen LogP contribution in [0.2, 0.25) is 0 Å². The molecular formula is C51H61N13O10. The molecule has 5 aromatic rings. The number of imide groups is 2. The fraction of sp³-hybridized carbons (Fsp3) is 0.412. The predicted octanol–water partition coefficient (Wildman–Crippen LogP) is 1.82. The van der Waals surface area contributed by atoms with Gasteiger partial charge in [0.1, 0.15) is 23.6 Å². The minimum atomic E-state index is -1.19. The van der Waals surface area contributed by atoms with Gasteiger partial charge >= 0.3 is 0 Å². The van der Waals surface area contributed by atoms with E-state index in [1.54, 1.807) is 54.9 Å². The normalized spacial score (nSPS) is 16.1. The Balaban J connectivity index is 0.666. The summed E-state index contributed by atoms with van der Waals surface area (Å²) in [5.74, 6) is -2.02. The number of aliphatic hydroxyl groups is 1. The molecule has 2 aromatic carbocycles. The quantitative estimate of drug-likeness (QED) is 0.0292. The summed E-state index contributed by atoms with van der Waals surface area (Å²) in [6.45, 7) is 12.9. The minimum Gasteiger partial charge on any atom is -0.384 e. The standard InChI is InChI=1S/C51H61N13O10/c1-4-22-62-47(69)36-31-55-50(59-45(36)64(62)40-11-6-10-39(57-40)51(2,3)72)56-33-13-15-34(16-14-33)61-26-24-60(25-27-61)23-7-12-41(65)54-21-28-73-29-30-74-32-43(67)53-20-19-52-37-9-5-8-35-44(37)49(71)63(48(35)70)38-17-18-42(66)58-46(38)68/h4-6,8-11,13-16,31,38,52,72H,1,7,12,17-30,32H2,2-3H3,(H,53,67)(H,54,65)(H,55,56,59)(H,58,66,68). The number of anilines is 4. The van der Waals surface area contributed by atoms with Crippen molar-refractivity contribution in [2.75, 3.05) is 94.3 Å². The molecule has 3 aliphatic heterocycles. The number of ether oxygens (including phenoxy) is 2. The van der Waals surface area contributed by atoms with Crippen LogP contribution in [0.3, 0.4) is 0 Å². The molecule has 0 spiro atoms. The summed E-state index contributed by atoms with van der Waals surface area (Å²) in [4.78, 5) is 108. The largest absolute Gasteiger partial charge is 0.384 e. The summed E-state index contributed by atoms with van der Waals surface area (Å²) >= 11 is 0. The van der Waals surface area contributed by atoms with Crippen LogP contribution in [-0.2, 0) is 40.8 Å². The van der Waals surface area contributed by atoms with E-state index in [0.717, 1.165) is 55.4 Å². The Labute approximate surface area is 426 Å². The fourth-order valence-corrected chi connectivity index (χ4v) is 8.92. The minimum absolute atomic E-state index is 0.0278. The molecule has 3 aliphatic rings. The number of hydrogen-bond acceptors (Lipinski definition) is 17. The van der Waals surface area contributed by atoms with Gasteiger partial charge in [0.05, 0.1) is 43.2 Å². The summed E-state index contributed by atoms with van der Waals surface area (Å²) in [6, 6.07) is 17.0. The average Bonchev–Trinajstić information content (AvgIpc) is 3.81. The SMILES string of the molecule is C=CCn1c(=O)c2cnc(Nc3ccc(N4CCN(CCCC(=O)NCCOCCOCC(=O)NCCNc5cccc6c5C(=O)N(C5CCC(=O)NC5=O)C6=O)CC4)cc3)nc2n1-c1cccc(C(C)(C)O)n1. The smallest absolute Gasteiger partial charge is 0.278 e. The van der Waals surface area contributed by atoms with Crippen molar-refractivity contribution in [2.45, 2.75) is 57.7 Å². The van der Waals surface area contributed by atoms with E-state index in [9.17, 15) is 38.7 Å². The van der Waals surface area contributed by atoms with E-state index in [2.05, 4.69) is 52.9 Å². The van der Waals surface area contributed by atoms with Crippen LogP contribution < -0.4 is 37.0 Å². The molecule has 23 heteroatoms. The summed E-state index contributed by atoms with van der Waals surface area (Å²) in [6.07, 6.45) is 4.34. The van der Waals surface area contributed by atoms with Gasteiger partial charge in [-0.2, -0.15) is 4.98 Å². The molecule has 1 atom stereocenters. The lowest BCUT2D eigenvalue weighted by Crippen LogP contribution is -2.54. The highest BCUT2D eigenvalue weighted by Gasteiger charge is 2.45.